The lowest BCUT2D eigenvalue weighted by atomic mass is 10.1. The van der Waals surface area contributed by atoms with E-state index in [9.17, 15) is 19.5 Å². The summed E-state index contributed by atoms with van der Waals surface area (Å²) in [4.78, 5) is 37.5. The van der Waals surface area contributed by atoms with E-state index in [1.165, 1.54) is 6.08 Å². The Bertz CT molecular complexity index is 619. The number of rotatable bonds is 6. The van der Waals surface area contributed by atoms with Gasteiger partial charge in [0.05, 0.1) is 6.10 Å². The number of aryl methyl sites for hydroxylation is 1. The topological polar surface area (TPSA) is 121 Å². The molecule has 0 spiro atoms. The number of ether oxygens (including phenoxy) is 1. The molecule has 0 aliphatic rings. The molecular weight excluding hydrogens is 302 g/mol. The van der Waals surface area contributed by atoms with Crippen molar-refractivity contribution in [2.75, 3.05) is 13.2 Å². The van der Waals surface area contributed by atoms with Gasteiger partial charge in [-0.1, -0.05) is 6.08 Å². The quantitative estimate of drug-likeness (QED) is 0.457. The van der Waals surface area contributed by atoms with E-state index in [1.807, 2.05) is 5.32 Å². The molecule has 8 heteroatoms. The number of esters is 1. The summed E-state index contributed by atoms with van der Waals surface area (Å²) in [7, 11) is 0. The van der Waals surface area contributed by atoms with Crippen molar-refractivity contribution in [2.45, 2.75) is 26.9 Å². The van der Waals surface area contributed by atoms with Crippen LogP contribution in [0.1, 0.15) is 40.3 Å². The summed E-state index contributed by atoms with van der Waals surface area (Å²) >= 11 is 0. The molecule has 0 bridgehead atoms. The number of amides is 3. The van der Waals surface area contributed by atoms with Crippen LogP contribution in [0.3, 0.4) is 0 Å². The zero-order valence-corrected chi connectivity index (χ0v) is 13.4. The van der Waals surface area contributed by atoms with Crippen LogP contribution >= 0.6 is 0 Å². The van der Waals surface area contributed by atoms with E-state index in [-0.39, 0.29) is 12.2 Å². The monoisotopic (exact) mass is 323 g/mol. The first-order valence-electron chi connectivity index (χ1n) is 7.00. The third-order valence-electron chi connectivity index (χ3n) is 3.11. The highest BCUT2D eigenvalue weighted by Crippen LogP contribution is 2.24. The fourth-order valence-electron chi connectivity index (χ4n) is 2.17. The van der Waals surface area contributed by atoms with Gasteiger partial charge in [0.25, 0.3) is 5.91 Å². The van der Waals surface area contributed by atoms with Crippen molar-refractivity contribution in [3.63, 3.8) is 0 Å². The predicted molar refractivity (Wildman–Crippen MR) is 82.9 cm³/mol. The first kappa shape index (κ1) is 18.4. The second-order valence-corrected chi connectivity index (χ2v) is 4.96. The van der Waals surface area contributed by atoms with Gasteiger partial charge in [-0.2, -0.15) is 0 Å². The van der Waals surface area contributed by atoms with E-state index in [1.54, 1.807) is 20.8 Å². The minimum Gasteiger partial charge on any atom is -0.451 e. The van der Waals surface area contributed by atoms with Crippen molar-refractivity contribution in [3.05, 3.63) is 35.2 Å². The van der Waals surface area contributed by atoms with E-state index >= 15 is 0 Å². The van der Waals surface area contributed by atoms with Crippen LogP contribution in [0.5, 0.6) is 0 Å². The average Bonchev–Trinajstić information content (AvgIpc) is 2.77. The molecule has 1 aromatic rings. The van der Waals surface area contributed by atoms with Crippen molar-refractivity contribution < 1.29 is 24.2 Å². The van der Waals surface area contributed by atoms with Gasteiger partial charge in [-0.25, -0.2) is 9.59 Å². The molecule has 1 rings (SSSR count). The number of carbonyl (C=O) groups excluding carboxylic acids is 3. The molecule has 0 aliphatic heterocycles. The standard InChI is InChI=1S/C15H21N3O5/c1-5-6-16-15(22)18-11(20)7-23-14(21)13-8(2)12(10(4)19)9(3)17-13/h5,10,17,19H,1,6-7H2,2-4H3,(H2,16,18,20,22)/t10-/m0/s1. The molecule has 0 aromatic carbocycles. The van der Waals surface area contributed by atoms with Crippen molar-refractivity contribution in [2.24, 2.45) is 0 Å². The van der Waals surface area contributed by atoms with Crippen LogP contribution in [-0.4, -0.2) is 41.1 Å². The Labute approximate surface area is 133 Å². The van der Waals surface area contributed by atoms with Gasteiger partial charge in [-0.3, -0.25) is 10.1 Å². The minimum absolute atomic E-state index is 0.169. The Morgan fingerprint density at radius 3 is 2.57 bits per heavy atom. The third kappa shape index (κ3) is 4.96. The van der Waals surface area contributed by atoms with Crippen LogP contribution in [0, 0.1) is 13.8 Å². The first-order chi connectivity index (χ1) is 10.8. The Balaban J connectivity index is 2.61. The van der Waals surface area contributed by atoms with Gasteiger partial charge in [-0.15, -0.1) is 6.58 Å². The van der Waals surface area contributed by atoms with E-state index in [4.69, 9.17) is 4.74 Å². The Hall–Kier alpha value is -2.61. The van der Waals surface area contributed by atoms with Crippen LogP contribution in [0.4, 0.5) is 4.79 Å². The maximum absolute atomic E-state index is 12.0. The normalized spacial score (nSPS) is 11.5. The predicted octanol–water partition coefficient (Wildman–Crippen LogP) is 0.853. The van der Waals surface area contributed by atoms with E-state index in [2.05, 4.69) is 16.9 Å². The highest BCUT2D eigenvalue weighted by Gasteiger charge is 2.21. The largest absolute Gasteiger partial charge is 0.451 e. The highest BCUT2D eigenvalue weighted by molar-refractivity contribution is 5.97. The number of hydrogen-bond acceptors (Lipinski definition) is 5. The van der Waals surface area contributed by atoms with Crippen molar-refractivity contribution in [1.29, 1.82) is 0 Å². The smallest absolute Gasteiger partial charge is 0.355 e. The SMILES string of the molecule is C=CCNC(=O)NC(=O)COC(=O)c1[nH]c(C)c([C@H](C)O)c1C. The van der Waals surface area contributed by atoms with Gasteiger partial charge in [0.2, 0.25) is 0 Å². The fourth-order valence-corrected chi connectivity index (χ4v) is 2.17. The fraction of sp³-hybridized carbons (Fsp3) is 0.400. The molecule has 126 valence electrons. The van der Waals surface area contributed by atoms with E-state index < -0.39 is 30.6 Å². The molecule has 0 aliphatic carbocycles. The van der Waals surface area contributed by atoms with Crippen LogP contribution < -0.4 is 10.6 Å². The molecule has 0 unspecified atom stereocenters. The molecule has 4 N–H and O–H groups in total. The molecule has 1 heterocycles. The molecule has 1 aromatic heterocycles. The lowest BCUT2D eigenvalue weighted by Crippen LogP contribution is -2.41. The Morgan fingerprint density at radius 2 is 2.04 bits per heavy atom. The van der Waals surface area contributed by atoms with Crippen molar-refractivity contribution in [1.82, 2.24) is 15.6 Å². The third-order valence-corrected chi connectivity index (χ3v) is 3.11. The van der Waals surface area contributed by atoms with Crippen LogP contribution in [-0.2, 0) is 9.53 Å². The molecule has 0 radical (unpaired) electrons. The lowest BCUT2D eigenvalue weighted by molar-refractivity contribution is -0.123. The number of aromatic amines is 1. The average molecular weight is 323 g/mol. The van der Waals surface area contributed by atoms with Gasteiger partial charge in [0, 0.05) is 17.8 Å². The van der Waals surface area contributed by atoms with Gasteiger partial charge in [0.15, 0.2) is 6.61 Å². The maximum atomic E-state index is 12.0. The second kappa shape index (κ2) is 8.14. The Kier molecular flexibility index (Phi) is 6.52. The van der Waals surface area contributed by atoms with Crippen molar-refractivity contribution >= 4 is 17.9 Å². The zero-order chi connectivity index (χ0) is 17.6. The van der Waals surface area contributed by atoms with Crippen LogP contribution in [0.15, 0.2) is 12.7 Å². The summed E-state index contributed by atoms with van der Waals surface area (Å²) in [5.41, 5.74) is 2.00. The van der Waals surface area contributed by atoms with Crippen LogP contribution in [0.25, 0.3) is 0 Å². The lowest BCUT2D eigenvalue weighted by Gasteiger charge is -2.07. The number of carbonyl (C=O) groups is 3. The number of hydrogen-bond donors (Lipinski definition) is 4. The van der Waals surface area contributed by atoms with Gasteiger partial charge in [-0.05, 0) is 26.3 Å². The molecule has 3 amide bonds. The molecular formula is C15H21N3O5. The highest BCUT2D eigenvalue weighted by atomic mass is 16.5. The Morgan fingerprint density at radius 1 is 1.39 bits per heavy atom. The number of urea groups is 1. The molecule has 0 saturated carbocycles. The number of aromatic nitrogens is 1. The summed E-state index contributed by atoms with van der Waals surface area (Å²) in [5.74, 6) is -1.49. The van der Waals surface area contributed by atoms with Crippen LogP contribution in [0.2, 0.25) is 0 Å². The second-order valence-electron chi connectivity index (χ2n) is 4.96. The van der Waals surface area contributed by atoms with Crippen molar-refractivity contribution in [3.8, 4) is 0 Å². The molecule has 8 nitrogen and oxygen atoms in total. The number of aliphatic hydroxyl groups excluding tert-OH is 1. The molecule has 0 saturated heterocycles. The maximum Gasteiger partial charge on any atom is 0.355 e. The number of imide groups is 1. The summed E-state index contributed by atoms with van der Waals surface area (Å²) in [6, 6.07) is -0.700. The number of nitrogens with one attached hydrogen (secondary N) is 3. The first-order valence-corrected chi connectivity index (χ1v) is 7.00. The van der Waals surface area contributed by atoms with Gasteiger partial charge in [0.1, 0.15) is 5.69 Å². The molecule has 1 atom stereocenters. The summed E-state index contributed by atoms with van der Waals surface area (Å²) in [6.07, 6.45) is 0.727. The molecule has 23 heavy (non-hydrogen) atoms. The summed E-state index contributed by atoms with van der Waals surface area (Å²) in [6.45, 7) is 8.02. The summed E-state index contributed by atoms with van der Waals surface area (Å²) < 4.78 is 4.86. The van der Waals surface area contributed by atoms with E-state index in [0.717, 1.165) is 0 Å². The minimum atomic E-state index is -0.753. The summed E-state index contributed by atoms with van der Waals surface area (Å²) in [5, 5.41) is 14.0. The zero-order valence-electron chi connectivity index (χ0n) is 13.4. The molecule has 0 fully saturated rings. The van der Waals surface area contributed by atoms with Gasteiger partial charge < -0.3 is 20.1 Å². The van der Waals surface area contributed by atoms with Gasteiger partial charge >= 0.3 is 12.0 Å². The van der Waals surface area contributed by atoms with E-state index in [0.29, 0.717) is 16.8 Å². The number of H-pyrrole nitrogens is 1. The number of aliphatic hydroxyl groups is 1.